The Hall–Kier alpha value is -1.36. The summed E-state index contributed by atoms with van der Waals surface area (Å²) in [6.07, 6.45) is 0. The third kappa shape index (κ3) is 0.984. The van der Waals surface area contributed by atoms with Crippen molar-refractivity contribution in [2.24, 2.45) is 0 Å². The first-order valence-electron chi connectivity index (χ1n) is 3.35. The highest BCUT2D eigenvalue weighted by atomic mass is 32.1. The van der Waals surface area contributed by atoms with Crippen molar-refractivity contribution in [3.8, 4) is 0 Å². The fourth-order valence-electron chi connectivity index (χ4n) is 1.01. The van der Waals surface area contributed by atoms with Gasteiger partial charge in [0.2, 0.25) is 0 Å². The Kier molecular flexibility index (Phi) is 1.58. The lowest BCUT2D eigenvalue weighted by Crippen LogP contribution is -2.30. The molecular formula is C7H5N2O2S. The summed E-state index contributed by atoms with van der Waals surface area (Å²) in [5, 5.41) is 7.03. The van der Waals surface area contributed by atoms with E-state index in [0.29, 0.717) is 5.69 Å². The number of rotatable bonds is 1. The van der Waals surface area contributed by atoms with Crippen molar-refractivity contribution in [3.63, 3.8) is 0 Å². The van der Waals surface area contributed by atoms with Crippen LogP contribution in [0.5, 0.6) is 0 Å². The smallest absolute Gasteiger partial charge is 0.328 e. The van der Waals surface area contributed by atoms with Gasteiger partial charge in [0.15, 0.2) is 0 Å². The minimum absolute atomic E-state index is 0.0858. The fourth-order valence-corrected chi connectivity index (χ4v) is 1.56. The van der Waals surface area contributed by atoms with Crippen molar-refractivity contribution >= 4 is 29.0 Å². The molecule has 0 spiro atoms. The summed E-state index contributed by atoms with van der Waals surface area (Å²) < 4.78 is 0. The molecule has 2 heterocycles. The number of imide groups is 1. The maximum atomic E-state index is 11.1. The van der Waals surface area contributed by atoms with Crippen LogP contribution in [0, 0.1) is 5.38 Å². The maximum Gasteiger partial charge on any atom is 0.329 e. The van der Waals surface area contributed by atoms with Gasteiger partial charge < -0.3 is 5.32 Å². The molecule has 1 aromatic heterocycles. The Morgan fingerprint density at radius 2 is 2.42 bits per heavy atom. The zero-order valence-corrected chi connectivity index (χ0v) is 6.85. The van der Waals surface area contributed by atoms with E-state index in [0.717, 1.165) is 4.90 Å². The number of amides is 3. The highest BCUT2D eigenvalue weighted by Gasteiger charge is 2.30. The van der Waals surface area contributed by atoms with Gasteiger partial charge in [-0.15, -0.1) is 11.3 Å². The second-order valence-corrected chi connectivity index (χ2v) is 3.01. The predicted molar refractivity (Wildman–Crippen MR) is 44.0 cm³/mol. The lowest BCUT2D eigenvalue weighted by molar-refractivity contribution is -0.115. The molecule has 12 heavy (non-hydrogen) atoms. The Bertz CT molecular complexity index is 304. The van der Waals surface area contributed by atoms with Gasteiger partial charge in [0.05, 0.1) is 17.6 Å². The third-order valence-corrected chi connectivity index (χ3v) is 2.14. The minimum Gasteiger partial charge on any atom is -0.328 e. The van der Waals surface area contributed by atoms with Crippen molar-refractivity contribution in [1.29, 1.82) is 0 Å². The topological polar surface area (TPSA) is 49.4 Å². The molecule has 61 valence electrons. The van der Waals surface area contributed by atoms with Gasteiger partial charge in [0.1, 0.15) is 0 Å². The van der Waals surface area contributed by atoms with Gasteiger partial charge in [0.25, 0.3) is 5.91 Å². The van der Waals surface area contributed by atoms with Gasteiger partial charge in [-0.25, -0.2) is 9.69 Å². The number of nitrogens with one attached hydrogen (secondary N) is 1. The van der Waals surface area contributed by atoms with Gasteiger partial charge in [0, 0.05) is 0 Å². The zero-order valence-electron chi connectivity index (χ0n) is 6.03. The van der Waals surface area contributed by atoms with Crippen molar-refractivity contribution in [2.75, 3.05) is 11.4 Å². The zero-order chi connectivity index (χ0) is 8.55. The molecule has 1 aromatic rings. The summed E-state index contributed by atoms with van der Waals surface area (Å²) in [4.78, 5) is 23.3. The lowest BCUT2D eigenvalue weighted by Gasteiger charge is -2.07. The van der Waals surface area contributed by atoms with Gasteiger partial charge in [-0.3, -0.25) is 4.79 Å². The molecule has 1 saturated heterocycles. The average Bonchev–Trinajstić information content (AvgIpc) is 2.61. The standard InChI is InChI=1S/C7H5N2O2S/c10-6-3-8-7(11)9(6)5-1-2-12-4-5/h1-2H,3H2,(H,8,11). The van der Waals surface area contributed by atoms with E-state index in [4.69, 9.17) is 0 Å². The number of urea groups is 1. The van der Waals surface area contributed by atoms with Crippen LogP contribution in [0.1, 0.15) is 0 Å². The Labute approximate surface area is 72.8 Å². The quantitative estimate of drug-likeness (QED) is 0.645. The second-order valence-electron chi connectivity index (χ2n) is 2.30. The van der Waals surface area contributed by atoms with E-state index < -0.39 is 0 Å². The predicted octanol–water partition coefficient (Wildman–Crippen LogP) is 0.604. The molecule has 4 nitrogen and oxygen atoms in total. The number of carbonyl (C=O) groups excluding carboxylic acids is 2. The van der Waals surface area contributed by atoms with E-state index in [1.165, 1.54) is 11.3 Å². The summed E-state index contributed by atoms with van der Waals surface area (Å²) in [6.45, 7) is 0.0858. The molecule has 0 unspecified atom stereocenters. The van der Waals surface area contributed by atoms with Crippen LogP contribution in [-0.4, -0.2) is 18.5 Å². The molecule has 0 aliphatic carbocycles. The summed E-state index contributed by atoms with van der Waals surface area (Å²) in [7, 11) is 0. The normalized spacial score (nSPS) is 16.8. The van der Waals surface area contributed by atoms with Gasteiger partial charge in [-0.2, -0.15) is 0 Å². The van der Waals surface area contributed by atoms with E-state index in [9.17, 15) is 9.59 Å². The molecule has 1 fully saturated rings. The van der Waals surface area contributed by atoms with Crippen molar-refractivity contribution in [3.05, 3.63) is 16.8 Å². The highest BCUT2D eigenvalue weighted by Crippen LogP contribution is 2.19. The first-order valence-corrected chi connectivity index (χ1v) is 4.23. The number of anilines is 1. The molecular weight excluding hydrogens is 176 g/mol. The molecule has 0 saturated carbocycles. The number of thiophene rings is 1. The van der Waals surface area contributed by atoms with Crippen molar-refractivity contribution < 1.29 is 9.59 Å². The van der Waals surface area contributed by atoms with E-state index in [1.807, 2.05) is 0 Å². The molecule has 2 rings (SSSR count). The molecule has 3 amide bonds. The Morgan fingerprint density at radius 1 is 1.58 bits per heavy atom. The van der Waals surface area contributed by atoms with Crippen molar-refractivity contribution in [2.45, 2.75) is 0 Å². The Balaban J connectivity index is 2.34. The van der Waals surface area contributed by atoms with Crippen LogP contribution in [0.2, 0.25) is 0 Å². The van der Waals surface area contributed by atoms with E-state index in [2.05, 4.69) is 10.7 Å². The van der Waals surface area contributed by atoms with Crippen LogP contribution in [0.4, 0.5) is 10.5 Å². The molecule has 0 atom stereocenters. The van der Waals surface area contributed by atoms with Gasteiger partial charge >= 0.3 is 6.03 Å². The first-order chi connectivity index (χ1) is 5.79. The fraction of sp³-hybridized carbons (Fsp3) is 0.143. The number of nitrogens with zero attached hydrogens (tertiary/aromatic N) is 1. The number of carbonyl (C=O) groups is 2. The maximum absolute atomic E-state index is 11.1. The molecule has 0 aromatic carbocycles. The third-order valence-electron chi connectivity index (χ3n) is 1.54. The van der Waals surface area contributed by atoms with Gasteiger partial charge in [-0.1, -0.05) is 0 Å². The second kappa shape index (κ2) is 2.60. The molecule has 1 N–H and O–H groups in total. The van der Waals surface area contributed by atoms with E-state index in [-0.39, 0.29) is 18.5 Å². The number of hydrogen-bond donors (Lipinski definition) is 1. The monoisotopic (exact) mass is 181 g/mol. The minimum atomic E-state index is -0.366. The van der Waals surface area contributed by atoms with Gasteiger partial charge in [-0.05, 0) is 11.4 Å². The van der Waals surface area contributed by atoms with Crippen LogP contribution in [0.3, 0.4) is 0 Å². The average molecular weight is 181 g/mol. The largest absolute Gasteiger partial charge is 0.329 e. The van der Waals surface area contributed by atoms with Crippen LogP contribution in [-0.2, 0) is 4.79 Å². The molecule has 1 aliphatic rings. The molecule has 1 aliphatic heterocycles. The van der Waals surface area contributed by atoms with Crippen molar-refractivity contribution in [1.82, 2.24) is 5.32 Å². The van der Waals surface area contributed by atoms with Crippen LogP contribution < -0.4 is 10.2 Å². The molecule has 0 bridgehead atoms. The summed E-state index contributed by atoms with van der Waals surface area (Å²) in [5.41, 5.74) is 0.528. The lowest BCUT2D eigenvalue weighted by atomic mass is 10.4. The highest BCUT2D eigenvalue weighted by molar-refractivity contribution is 7.07. The van der Waals surface area contributed by atoms with Crippen LogP contribution >= 0.6 is 11.3 Å². The molecule has 5 heteroatoms. The van der Waals surface area contributed by atoms with E-state index >= 15 is 0 Å². The molecule has 1 radical (unpaired) electrons. The SMILES string of the molecule is O=C1CNC(=O)N1c1[c]scc1. The summed E-state index contributed by atoms with van der Waals surface area (Å²) in [6, 6.07) is 1.32. The van der Waals surface area contributed by atoms with Crippen LogP contribution in [0.15, 0.2) is 11.4 Å². The number of hydrogen-bond acceptors (Lipinski definition) is 3. The summed E-state index contributed by atoms with van der Waals surface area (Å²) in [5.74, 6) is -0.227. The van der Waals surface area contributed by atoms with Crippen LogP contribution in [0.25, 0.3) is 0 Å². The Morgan fingerprint density at radius 3 is 2.92 bits per heavy atom. The first kappa shape index (κ1) is 7.30. The van der Waals surface area contributed by atoms with E-state index in [1.54, 1.807) is 11.4 Å². The summed E-state index contributed by atoms with van der Waals surface area (Å²) >= 11 is 1.33.